The van der Waals surface area contributed by atoms with Gasteiger partial charge in [0.05, 0.1) is 24.5 Å². The lowest BCUT2D eigenvalue weighted by Crippen LogP contribution is -1.98. The van der Waals surface area contributed by atoms with Crippen LogP contribution in [0.5, 0.6) is 5.75 Å². The van der Waals surface area contributed by atoms with Gasteiger partial charge < -0.3 is 14.5 Å². The molecule has 108 valence electrons. The summed E-state index contributed by atoms with van der Waals surface area (Å²) in [6.45, 7) is 1.87. The molecule has 0 aliphatic rings. The molecule has 0 amide bonds. The zero-order chi connectivity index (χ0) is 15.0. The molecule has 0 spiro atoms. The number of halogens is 1. The van der Waals surface area contributed by atoms with Crippen LogP contribution in [-0.4, -0.2) is 24.1 Å². The fraction of sp³-hybridized carbons (Fsp3) is 0.200. The minimum Gasteiger partial charge on any atom is -0.497 e. The van der Waals surface area contributed by atoms with Gasteiger partial charge in [0.25, 0.3) is 0 Å². The molecule has 0 aliphatic heterocycles. The van der Waals surface area contributed by atoms with Crippen molar-refractivity contribution >= 4 is 16.8 Å². The number of nitrogens with zero attached hydrogens (tertiary/aromatic N) is 2. The van der Waals surface area contributed by atoms with Crippen LogP contribution in [0.3, 0.4) is 0 Å². The van der Waals surface area contributed by atoms with E-state index in [4.69, 9.17) is 9.15 Å². The largest absolute Gasteiger partial charge is 0.497 e. The van der Waals surface area contributed by atoms with Crippen molar-refractivity contribution in [3.8, 4) is 17.0 Å². The van der Waals surface area contributed by atoms with Gasteiger partial charge in [0.1, 0.15) is 5.75 Å². The average molecular weight is 286 g/mol. The number of aromatic nitrogens is 2. The highest BCUT2D eigenvalue weighted by molar-refractivity contribution is 5.95. The predicted octanol–water partition coefficient (Wildman–Crippen LogP) is 3.39. The average Bonchev–Trinajstić information content (AvgIpc) is 2.87. The third-order valence-electron chi connectivity index (χ3n) is 3.34. The lowest BCUT2D eigenvalue weighted by Gasteiger charge is -2.11. The fourth-order valence-corrected chi connectivity index (χ4v) is 2.32. The van der Waals surface area contributed by atoms with Crippen LogP contribution in [0, 0.1) is 13.0 Å². The maximum Gasteiger partial charge on any atom is 0.312 e. The quantitative estimate of drug-likeness (QED) is 0.748. The van der Waals surface area contributed by atoms with E-state index in [2.05, 4.69) is 15.3 Å². The van der Waals surface area contributed by atoms with Gasteiger partial charge in [0.2, 0.25) is 5.71 Å². The van der Waals surface area contributed by atoms with Gasteiger partial charge in [0.15, 0.2) is 0 Å². The Kier molecular flexibility index (Phi) is 3.21. The smallest absolute Gasteiger partial charge is 0.312 e. The van der Waals surface area contributed by atoms with Gasteiger partial charge in [-0.2, -0.15) is 9.37 Å². The number of aryl methyl sites for hydroxylation is 1. The van der Waals surface area contributed by atoms with Gasteiger partial charge in [-0.05, 0) is 30.7 Å². The first-order valence-electron chi connectivity index (χ1n) is 6.41. The van der Waals surface area contributed by atoms with Crippen LogP contribution < -0.4 is 10.1 Å². The van der Waals surface area contributed by atoms with E-state index in [0.717, 1.165) is 16.8 Å². The van der Waals surface area contributed by atoms with Crippen molar-refractivity contribution in [3.05, 3.63) is 36.1 Å². The second-order valence-electron chi connectivity index (χ2n) is 4.60. The zero-order valence-electron chi connectivity index (χ0n) is 11.9. The predicted molar refractivity (Wildman–Crippen MR) is 78.0 cm³/mol. The van der Waals surface area contributed by atoms with Crippen LogP contribution in [0.4, 0.5) is 10.1 Å². The molecule has 0 saturated carbocycles. The summed E-state index contributed by atoms with van der Waals surface area (Å²) in [7, 11) is 3.37. The molecule has 2 heterocycles. The van der Waals surface area contributed by atoms with Crippen molar-refractivity contribution in [3.63, 3.8) is 0 Å². The SMILES string of the molecule is CNc1ccc(OC)cc1-c1nc([18F])nc2occ(C)c12. The van der Waals surface area contributed by atoms with E-state index in [1.165, 1.54) is 0 Å². The molecule has 0 unspecified atom stereocenters. The van der Waals surface area contributed by atoms with Crippen LogP contribution in [0.25, 0.3) is 22.4 Å². The Labute approximate surface area is 120 Å². The summed E-state index contributed by atoms with van der Waals surface area (Å²) >= 11 is 0. The second-order valence-corrected chi connectivity index (χ2v) is 4.60. The number of rotatable bonds is 3. The Morgan fingerprint density at radius 3 is 2.81 bits per heavy atom. The lowest BCUT2D eigenvalue weighted by molar-refractivity contribution is 0.415. The second kappa shape index (κ2) is 5.05. The van der Waals surface area contributed by atoms with Gasteiger partial charge >= 0.3 is 6.08 Å². The fourth-order valence-electron chi connectivity index (χ4n) is 2.32. The number of hydrogen-bond donors (Lipinski definition) is 1. The Bertz CT molecular complexity index is 814. The molecule has 1 N–H and O–H groups in total. The van der Waals surface area contributed by atoms with Gasteiger partial charge in [-0.1, -0.05) is 0 Å². The van der Waals surface area contributed by atoms with E-state index < -0.39 is 6.08 Å². The third-order valence-corrected chi connectivity index (χ3v) is 3.34. The minimum atomic E-state index is -0.822. The zero-order valence-corrected chi connectivity index (χ0v) is 11.9. The van der Waals surface area contributed by atoms with Crippen LogP contribution in [0.2, 0.25) is 0 Å². The van der Waals surface area contributed by atoms with Crippen LogP contribution in [0.15, 0.2) is 28.9 Å². The van der Waals surface area contributed by atoms with Crippen molar-refractivity contribution in [1.82, 2.24) is 9.97 Å². The summed E-state index contributed by atoms with van der Waals surface area (Å²) in [5, 5.41) is 3.77. The molecular formula is C15H14FN3O2. The molecule has 0 atom stereocenters. The summed E-state index contributed by atoms with van der Waals surface area (Å²) in [5.74, 6) is 0.664. The van der Waals surface area contributed by atoms with Gasteiger partial charge in [-0.25, -0.2) is 4.98 Å². The number of methoxy groups -OCH3 is 1. The molecule has 0 aliphatic carbocycles. The first-order valence-corrected chi connectivity index (χ1v) is 6.41. The maximum absolute atomic E-state index is 13.7. The molecule has 0 bridgehead atoms. The molecule has 0 radical (unpaired) electrons. The number of fused-ring (bicyclic) bond motifs is 1. The molecule has 3 rings (SSSR count). The first-order chi connectivity index (χ1) is 10.1. The van der Waals surface area contributed by atoms with E-state index in [-0.39, 0.29) is 5.71 Å². The highest BCUT2D eigenvalue weighted by Crippen LogP contribution is 2.36. The Morgan fingerprint density at radius 2 is 2.10 bits per heavy atom. The summed E-state index contributed by atoms with van der Waals surface area (Å²) in [5.41, 5.74) is 3.11. The number of benzene rings is 1. The summed E-state index contributed by atoms with van der Waals surface area (Å²) in [4.78, 5) is 7.64. The van der Waals surface area contributed by atoms with Crippen LogP contribution in [-0.2, 0) is 0 Å². The Morgan fingerprint density at radius 1 is 1.29 bits per heavy atom. The van der Waals surface area contributed by atoms with Gasteiger partial charge in [-0.15, -0.1) is 0 Å². The highest BCUT2D eigenvalue weighted by atomic mass is 18.2. The Hall–Kier alpha value is -2.63. The molecule has 1 aromatic carbocycles. The molecule has 0 fully saturated rings. The van der Waals surface area contributed by atoms with Crippen molar-refractivity contribution in [1.29, 1.82) is 0 Å². The third kappa shape index (κ3) is 2.18. The number of hydrogen-bond acceptors (Lipinski definition) is 5. The summed E-state index contributed by atoms with van der Waals surface area (Å²) in [6, 6.07) is 5.49. The number of furan rings is 1. The van der Waals surface area contributed by atoms with Crippen molar-refractivity contribution < 1.29 is 13.5 Å². The number of nitrogens with one attached hydrogen (secondary N) is 1. The van der Waals surface area contributed by atoms with Crippen molar-refractivity contribution in [2.24, 2.45) is 0 Å². The first kappa shape index (κ1) is 13.4. The Balaban J connectivity index is 2.36. The van der Waals surface area contributed by atoms with Crippen molar-refractivity contribution in [2.45, 2.75) is 6.92 Å². The van der Waals surface area contributed by atoms with E-state index in [1.54, 1.807) is 26.5 Å². The summed E-state index contributed by atoms with van der Waals surface area (Å²) in [6.07, 6.45) is 0.721. The van der Waals surface area contributed by atoms with Gasteiger partial charge in [0, 0.05) is 18.3 Å². The van der Waals surface area contributed by atoms with Gasteiger partial charge in [-0.3, -0.25) is 0 Å². The normalized spacial score (nSPS) is 10.9. The molecule has 3 aromatic rings. The van der Waals surface area contributed by atoms with E-state index in [1.807, 2.05) is 19.1 Å². The monoisotopic (exact) mass is 286 g/mol. The maximum atomic E-state index is 13.7. The highest BCUT2D eigenvalue weighted by Gasteiger charge is 2.17. The van der Waals surface area contributed by atoms with E-state index in [0.29, 0.717) is 16.8 Å². The van der Waals surface area contributed by atoms with E-state index in [9.17, 15) is 4.39 Å². The lowest BCUT2D eigenvalue weighted by atomic mass is 10.0. The molecule has 21 heavy (non-hydrogen) atoms. The number of ether oxygens (including phenoxy) is 1. The molecular weight excluding hydrogens is 272 g/mol. The molecule has 6 heteroatoms. The van der Waals surface area contributed by atoms with Crippen LogP contribution >= 0.6 is 0 Å². The topological polar surface area (TPSA) is 60.2 Å². The number of anilines is 1. The summed E-state index contributed by atoms with van der Waals surface area (Å²) < 4.78 is 24.2. The van der Waals surface area contributed by atoms with Crippen molar-refractivity contribution in [2.75, 3.05) is 19.5 Å². The molecule has 5 nitrogen and oxygen atoms in total. The minimum absolute atomic E-state index is 0.236. The molecule has 2 aromatic heterocycles. The van der Waals surface area contributed by atoms with E-state index >= 15 is 0 Å². The van der Waals surface area contributed by atoms with Crippen LogP contribution in [0.1, 0.15) is 5.56 Å². The molecule has 0 saturated heterocycles. The standard InChI is InChI=1S/C15H14FN3O2/c1-8-7-21-14-12(8)13(18-15(16)19-14)10-6-9(20-3)4-5-11(10)17-2/h4-7,17H,1-3H3/i16-1.